The fraction of sp³-hybridized carbons (Fsp3) is 0.333. The first-order valence-corrected chi connectivity index (χ1v) is 7.18. The standard InChI is InChI=1S/C18H21NO/c1-12-11-13(20-3)7-8-14(12)15-5-4-6-17-16(15)9-10-18(17)19-2/h4-8,11,18-19H,9-10H2,1-3H3. The minimum Gasteiger partial charge on any atom is -0.497 e. The van der Waals surface area contributed by atoms with E-state index in [-0.39, 0.29) is 0 Å². The second-order valence-corrected chi connectivity index (χ2v) is 5.43. The van der Waals surface area contributed by atoms with Crippen LogP contribution in [-0.2, 0) is 6.42 Å². The highest BCUT2D eigenvalue weighted by Gasteiger charge is 2.23. The van der Waals surface area contributed by atoms with Gasteiger partial charge in [-0.2, -0.15) is 0 Å². The van der Waals surface area contributed by atoms with Gasteiger partial charge in [-0.3, -0.25) is 0 Å². The molecule has 0 aromatic heterocycles. The second kappa shape index (κ2) is 5.29. The van der Waals surface area contributed by atoms with Crippen molar-refractivity contribution in [2.45, 2.75) is 25.8 Å². The van der Waals surface area contributed by atoms with Gasteiger partial charge >= 0.3 is 0 Å². The van der Waals surface area contributed by atoms with Crippen LogP contribution in [0.2, 0.25) is 0 Å². The maximum atomic E-state index is 5.30. The number of aryl methyl sites for hydroxylation is 1. The van der Waals surface area contributed by atoms with Crippen LogP contribution in [0.25, 0.3) is 11.1 Å². The Labute approximate surface area is 120 Å². The maximum absolute atomic E-state index is 5.30. The lowest BCUT2D eigenvalue weighted by atomic mass is 9.93. The summed E-state index contributed by atoms with van der Waals surface area (Å²) in [6.45, 7) is 2.15. The van der Waals surface area contributed by atoms with Gasteiger partial charge in [-0.25, -0.2) is 0 Å². The molecule has 0 fully saturated rings. The van der Waals surface area contributed by atoms with E-state index in [1.54, 1.807) is 7.11 Å². The van der Waals surface area contributed by atoms with E-state index < -0.39 is 0 Å². The molecule has 0 bridgehead atoms. The summed E-state index contributed by atoms with van der Waals surface area (Å²) >= 11 is 0. The summed E-state index contributed by atoms with van der Waals surface area (Å²) in [5.41, 5.74) is 6.92. The van der Waals surface area contributed by atoms with Gasteiger partial charge in [-0.1, -0.05) is 24.3 Å². The predicted octanol–water partition coefficient (Wildman–Crippen LogP) is 3.88. The summed E-state index contributed by atoms with van der Waals surface area (Å²) in [5.74, 6) is 0.923. The molecule has 0 saturated carbocycles. The van der Waals surface area contributed by atoms with Crippen molar-refractivity contribution in [2.75, 3.05) is 14.2 Å². The van der Waals surface area contributed by atoms with E-state index in [2.05, 4.69) is 42.6 Å². The number of fused-ring (bicyclic) bond motifs is 1. The van der Waals surface area contributed by atoms with E-state index in [1.165, 1.54) is 34.2 Å². The largest absolute Gasteiger partial charge is 0.497 e. The van der Waals surface area contributed by atoms with Crippen LogP contribution in [0.1, 0.15) is 29.2 Å². The van der Waals surface area contributed by atoms with Gasteiger partial charge in [0.25, 0.3) is 0 Å². The zero-order valence-electron chi connectivity index (χ0n) is 12.4. The van der Waals surface area contributed by atoms with E-state index in [9.17, 15) is 0 Å². The molecule has 104 valence electrons. The van der Waals surface area contributed by atoms with E-state index >= 15 is 0 Å². The smallest absolute Gasteiger partial charge is 0.119 e. The summed E-state index contributed by atoms with van der Waals surface area (Å²) < 4.78 is 5.30. The fourth-order valence-electron chi connectivity index (χ4n) is 3.27. The zero-order chi connectivity index (χ0) is 14.1. The Morgan fingerprint density at radius 3 is 2.70 bits per heavy atom. The third kappa shape index (κ3) is 2.10. The summed E-state index contributed by atoms with van der Waals surface area (Å²) in [6.07, 6.45) is 2.35. The van der Waals surface area contributed by atoms with E-state index in [0.717, 1.165) is 12.2 Å². The molecule has 0 saturated heterocycles. The summed E-state index contributed by atoms with van der Waals surface area (Å²) in [6, 6.07) is 13.5. The van der Waals surface area contributed by atoms with Crippen LogP contribution in [0.3, 0.4) is 0 Å². The van der Waals surface area contributed by atoms with Crippen molar-refractivity contribution in [3.8, 4) is 16.9 Å². The van der Waals surface area contributed by atoms with E-state index in [0.29, 0.717) is 6.04 Å². The first kappa shape index (κ1) is 13.2. The molecule has 1 atom stereocenters. The molecule has 1 N–H and O–H groups in total. The van der Waals surface area contributed by atoms with Crippen LogP contribution in [0, 0.1) is 6.92 Å². The van der Waals surface area contributed by atoms with Gasteiger partial charge in [0.2, 0.25) is 0 Å². The van der Waals surface area contributed by atoms with Crippen molar-refractivity contribution in [1.82, 2.24) is 5.32 Å². The Bertz CT molecular complexity index is 633. The van der Waals surface area contributed by atoms with Gasteiger partial charge in [0, 0.05) is 6.04 Å². The summed E-state index contributed by atoms with van der Waals surface area (Å²) in [5, 5.41) is 3.41. The Kier molecular flexibility index (Phi) is 3.49. The lowest BCUT2D eigenvalue weighted by Crippen LogP contribution is -2.12. The van der Waals surface area contributed by atoms with Crippen LogP contribution in [0.15, 0.2) is 36.4 Å². The Hall–Kier alpha value is -1.80. The lowest BCUT2D eigenvalue weighted by Gasteiger charge is -2.14. The third-order valence-corrected chi connectivity index (χ3v) is 4.34. The van der Waals surface area contributed by atoms with Crippen LogP contribution < -0.4 is 10.1 Å². The molecule has 1 aliphatic rings. The van der Waals surface area contributed by atoms with Crippen molar-refractivity contribution in [1.29, 1.82) is 0 Å². The molecule has 0 amide bonds. The van der Waals surface area contributed by atoms with Gasteiger partial charge in [-0.05, 0) is 66.8 Å². The first-order chi connectivity index (χ1) is 9.74. The lowest BCUT2D eigenvalue weighted by molar-refractivity contribution is 0.414. The minimum atomic E-state index is 0.503. The van der Waals surface area contributed by atoms with Crippen molar-refractivity contribution < 1.29 is 4.74 Å². The predicted molar refractivity (Wildman–Crippen MR) is 83.3 cm³/mol. The number of methoxy groups -OCH3 is 1. The van der Waals surface area contributed by atoms with E-state index in [4.69, 9.17) is 4.74 Å². The van der Waals surface area contributed by atoms with Crippen LogP contribution in [0.5, 0.6) is 5.75 Å². The molecular formula is C18H21NO. The number of nitrogens with one attached hydrogen (secondary N) is 1. The highest BCUT2D eigenvalue weighted by atomic mass is 16.5. The van der Waals surface area contributed by atoms with Crippen LogP contribution >= 0.6 is 0 Å². The maximum Gasteiger partial charge on any atom is 0.119 e. The van der Waals surface area contributed by atoms with Gasteiger partial charge in [0.1, 0.15) is 5.75 Å². The minimum absolute atomic E-state index is 0.503. The Morgan fingerprint density at radius 2 is 2.00 bits per heavy atom. The van der Waals surface area contributed by atoms with Gasteiger partial charge in [-0.15, -0.1) is 0 Å². The number of hydrogen-bond donors (Lipinski definition) is 1. The molecule has 2 aromatic rings. The molecule has 2 nitrogen and oxygen atoms in total. The highest BCUT2D eigenvalue weighted by Crippen LogP contribution is 2.39. The van der Waals surface area contributed by atoms with Crippen molar-refractivity contribution in [2.24, 2.45) is 0 Å². The monoisotopic (exact) mass is 267 g/mol. The molecule has 3 rings (SSSR count). The van der Waals surface area contributed by atoms with Crippen molar-refractivity contribution in [3.63, 3.8) is 0 Å². The molecular weight excluding hydrogens is 246 g/mol. The second-order valence-electron chi connectivity index (χ2n) is 5.43. The quantitative estimate of drug-likeness (QED) is 0.911. The SMILES string of the molecule is CNC1CCc2c(-c3ccc(OC)cc3C)cccc21. The van der Waals surface area contributed by atoms with Gasteiger partial charge < -0.3 is 10.1 Å². The topological polar surface area (TPSA) is 21.3 Å². The molecule has 1 aliphatic carbocycles. The highest BCUT2D eigenvalue weighted by molar-refractivity contribution is 5.73. The molecule has 20 heavy (non-hydrogen) atoms. The normalized spacial score (nSPS) is 17.1. The number of rotatable bonds is 3. The average Bonchev–Trinajstić information content (AvgIpc) is 2.90. The molecule has 1 unspecified atom stereocenters. The van der Waals surface area contributed by atoms with Gasteiger partial charge in [0.15, 0.2) is 0 Å². The molecule has 2 aromatic carbocycles. The Balaban J connectivity index is 2.10. The van der Waals surface area contributed by atoms with E-state index in [1.807, 2.05) is 13.1 Å². The van der Waals surface area contributed by atoms with Crippen molar-refractivity contribution >= 4 is 0 Å². The number of hydrogen-bond acceptors (Lipinski definition) is 2. The Morgan fingerprint density at radius 1 is 1.15 bits per heavy atom. The third-order valence-electron chi connectivity index (χ3n) is 4.34. The number of ether oxygens (including phenoxy) is 1. The molecule has 2 heteroatoms. The van der Waals surface area contributed by atoms with Gasteiger partial charge in [0.05, 0.1) is 7.11 Å². The molecule has 0 aliphatic heterocycles. The number of benzene rings is 2. The average molecular weight is 267 g/mol. The summed E-state index contributed by atoms with van der Waals surface area (Å²) in [7, 11) is 3.76. The van der Waals surface area contributed by atoms with Crippen LogP contribution in [-0.4, -0.2) is 14.2 Å². The van der Waals surface area contributed by atoms with Crippen LogP contribution in [0.4, 0.5) is 0 Å². The summed E-state index contributed by atoms with van der Waals surface area (Å²) in [4.78, 5) is 0. The van der Waals surface area contributed by atoms with Crippen molar-refractivity contribution in [3.05, 3.63) is 53.1 Å². The molecule has 0 heterocycles. The molecule has 0 spiro atoms. The fourth-order valence-corrected chi connectivity index (χ4v) is 3.27. The zero-order valence-corrected chi connectivity index (χ0v) is 12.4. The first-order valence-electron chi connectivity index (χ1n) is 7.18. The molecule has 0 radical (unpaired) electrons.